The van der Waals surface area contributed by atoms with Crippen molar-refractivity contribution in [3.63, 3.8) is 0 Å². The molecule has 0 spiro atoms. The average molecular weight is 287 g/mol. The van der Waals surface area contributed by atoms with E-state index in [1.807, 2.05) is 0 Å². The fourth-order valence-corrected chi connectivity index (χ4v) is 1.11. The van der Waals surface area contributed by atoms with Gasteiger partial charge in [-0.2, -0.15) is 0 Å². The van der Waals surface area contributed by atoms with Gasteiger partial charge in [-0.15, -0.1) is 0 Å². The van der Waals surface area contributed by atoms with Crippen LogP contribution in [0.2, 0.25) is 0 Å². The Bertz CT molecular complexity index is 421. The Morgan fingerprint density at radius 3 is 2.00 bits per heavy atom. The highest BCUT2D eigenvalue weighted by atomic mass is 16.6. The van der Waals surface area contributed by atoms with Crippen LogP contribution in [0.4, 0.5) is 0 Å². The van der Waals surface area contributed by atoms with E-state index in [0.717, 1.165) is 26.5 Å². The average Bonchev–Trinajstić information content (AvgIpc) is 2.40. The lowest BCUT2D eigenvalue weighted by Gasteiger charge is -2.25. The summed E-state index contributed by atoms with van der Waals surface area (Å²) in [7, 11) is 3.43. The number of carbonyl (C=O) groups is 2. The van der Waals surface area contributed by atoms with Crippen molar-refractivity contribution in [1.82, 2.24) is 0 Å². The third-order valence-electron chi connectivity index (χ3n) is 2.19. The molecule has 1 atom stereocenters. The molecule has 0 heterocycles. The fourth-order valence-electron chi connectivity index (χ4n) is 1.11. The summed E-state index contributed by atoms with van der Waals surface area (Å²) in [5.41, 5.74) is -0.929. The van der Waals surface area contributed by atoms with E-state index in [4.69, 9.17) is 4.74 Å². The molecule has 114 valence electrons. The zero-order valence-electron chi connectivity index (χ0n) is 12.6. The summed E-state index contributed by atoms with van der Waals surface area (Å²) in [5, 5.41) is 10.3. The molecule has 7 nitrogen and oxygen atoms in total. The molecule has 20 heavy (non-hydrogen) atoms. The maximum absolute atomic E-state index is 11.7. The Labute approximate surface area is 118 Å². The minimum Gasteiger partial charge on any atom is -0.466 e. The summed E-state index contributed by atoms with van der Waals surface area (Å²) in [6, 6.07) is 0. The maximum atomic E-state index is 11.7. The molecule has 0 amide bonds. The van der Waals surface area contributed by atoms with Crippen LogP contribution in [0, 0.1) is 0 Å². The molecule has 0 aliphatic heterocycles. The minimum atomic E-state index is -2.19. The van der Waals surface area contributed by atoms with Crippen molar-refractivity contribution in [2.75, 3.05) is 21.3 Å². The quantitative estimate of drug-likeness (QED) is 0.342. The Hall–Kier alpha value is -1.73. The predicted octanol–water partition coefficient (Wildman–Crippen LogP) is 0.463. The van der Waals surface area contributed by atoms with Crippen LogP contribution < -0.4 is 0 Å². The van der Waals surface area contributed by atoms with Crippen molar-refractivity contribution in [1.29, 1.82) is 0 Å². The molecule has 0 aromatic rings. The Kier molecular flexibility index (Phi) is 6.54. The van der Waals surface area contributed by atoms with E-state index in [2.05, 4.69) is 14.5 Å². The SMILES string of the molecule is COC(=O)/C=C(\C(=O)OC)C(O)(C=NC(C)(C)C)OC. The summed E-state index contributed by atoms with van der Waals surface area (Å²) in [6.45, 7) is 5.38. The third-order valence-corrected chi connectivity index (χ3v) is 2.19. The molecule has 0 aliphatic carbocycles. The first-order valence-electron chi connectivity index (χ1n) is 5.82. The highest BCUT2D eigenvalue weighted by molar-refractivity contribution is 6.01. The number of hydrogen-bond acceptors (Lipinski definition) is 7. The molecule has 0 aliphatic rings. The Morgan fingerprint density at radius 2 is 1.65 bits per heavy atom. The van der Waals surface area contributed by atoms with Crippen molar-refractivity contribution in [3.8, 4) is 0 Å². The molecule has 0 rings (SSSR count). The van der Waals surface area contributed by atoms with Gasteiger partial charge in [0, 0.05) is 13.2 Å². The number of rotatable bonds is 5. The molecule has 1 N–H and O–H groups in total. The largest absolute Gasteiger partial charge is 0.466 e. The van der Waals surface area contributed by atoms with Gasteiger partial charge >= 0.3 is 11.9 Å². The molecular formula is C13H21NO6. The van der Waals surface area contributed by atoms with Gasteiger partial charge in [0.25, 0.3) is 0 Å². The third kappa shape index (κ3) is 5.50. The minimum absolute atomic E-state index is 0.428. The lowest BCUT2D eigenvalue weighted by molar-refractivity contribution is -0.148. The van der Waals surface area contributed by atoms with Crippen LogP contribution in [0.5, 0.6) is 0 Å². The first-order chi connectivity index (χ1) is 9.09. The van der Waals surface area contributed by atoms with Crippen LogP contribution >= 0.6 is 0 Å². The second kappa shape index (κ2) is 7.16. The van der Waals surface area contributed by atoms with Crippen LogP contribution in [0.1, 0.15) is 20.8 Å². The monoisotopic (exact) mass is 287 g/mol. The van der Waals surface area contributed by atoms with E-state index in [1.165, 1.54) is 7.11 Å². The Balaban J connectivity index is 5.71. The highest BCUT2D eigenvalue weighted by Crippen LogP contribution is 2.19. The van der Waals surface area contributed by atoms with Crippen LogP contribution in [-0.4, -0.2) is 55.9 Å². The smallest absolute Gasteiger partial charge is 0.339 e. The number of hydrogen-bond donors (Lipinski definition) is 1. The molecule has 0 aromatic carbocycles. The zero-order chi connectivity index (χ0) is 16.0. The number of nitrogens with zero attached hydrogens (tertiary/aromatic N) is 1. The molecule has 0 fully saturated rings. The molecule has 0 radical (unpaired) electrons. The van der Waals surface area contributed by atoms with Crippen LogP contribution in [0.15, 0.2) is 16.6 Å². The lowest BCUT2D eigenvalue weighted by Crippen LogP contribution is -2.40. The van der Waals surface area contributed by atoms with Gasteiger partial charge in [-0.3, -0.25) is 4.99 Å². The molecule has 0 saturated carbocycles. The van der Waals surface area contributed by atoms with E-state index < -0.39 is 28.8 Å². The molecule has 0 aromatic heterocycles. The number of ether oxygens (including phenoxy) is 3. The highest BCUT2D eigenvalue weighted by Gasteiger charge is 2.37. The van der Waals surface area contributed by atoms with Gasteiger partial charge in [0.05, 0.1) is 26.0 Å². The number of aliphatic hydroxyl groups is 1. The predicted molar refractivity (Wildman–Crippen MR) is 72.3 cm³/mol. The number of aliphatic imine (C=N–C) groups is 1. The first kappa shape index (κ1) is 18.3. The van der Waals surface area contributed by atoms with Gasteiger partial charge in [-0.25, -0.2) is 9.59 Å². The molecule has 1 unspecified atom stereocenters. The second-order valence-corrected chi connectivity index (χ2v) is 4.90. The molecule has 0 saturated heterocycles. The topological polar surface area (TPSA) is 94.4 Å². The van der Waals surface area contributed by atoms with Crippen LogP contribution in [0.25, 0.3) is 0 Å². The standard InChI is InChI=1S/C13H21NO6/c1-12(2,3)14-8-13(17,20-6)9(11(16)19-5)7-10(15)18-4/h7-8,17H,1-6H3/b9-7+,14-8?. The number of carbonyl (C=O) groups excluding carboxylic acids is 2. The van der Waals surface area contributed by atoms with Crippen LogP contribution in [0.3, 0.4) is 0 Å². The van der Waals surface area contributed by atoms with Gasteiger partial charge in [-0.1, -0.05) is 0 Å². The summed E-state index contributed by atoms with van der Waals surface area (Å²) in [4.78, 5) is 27.1. The number of esters is 2. The van der Waals surface area contributed by atoms with Gasteiger partial charge in [0.1, 0.15) is 5.57 Å². The van der Waals surface area contributed by atoms with Gasteiger partial charge in [0.2, 0.25) is 5.79 Å². The molecular weight excluding hydrogens is 266 g/mol. The van der Waals surface area contributed by atoms with Gasteiger partial charge in [0.15, 0.2) is 0 Å². The fraction of sp³-hybridized carbons (Fsp3) is 0.615. The van der Waals surface area contributed by atoms with Gasteiger partial charge in [-0.05, 0) is 20.8 Å². The number of methoxy groups -OCH3 is 3. The maximum Gasteiger partial charge on any atom is 0.339 e. The van der Waals surface area contributed by atoms with E-state index >= 15 is 0 Å². The van der Waals surface area contributed by atoms with E-state index in [9.17, 15) is 14.7 Å². The van der Waals surface area contributed by atoms with Gasteiger partial charge < -0.3 is 19.3 Å². The molecule has 0 bridgehead atoms. The van der Waals surface area contributed by atoms with Crippen molar-refractivity contribution in [3.05, 3.63) is 11.6 Å². The Morgan fingerprint density at radius 1 is 1.10 bits per heavy atom. The van der Waals surface area contributed by atoms with E-state index in [0.29, 0.717) is 0 Å². The summed E-state index contributed by atoms with van der Waals surface area (Å²) >= 11 is 0. The molecule has 7 heteroatoms. The summed E-state index contributed by atoms with van der Waals surface area (Å²) in [6.07, 6.45) is 1.84. The zero-order valence-corrected chi connectivity index (χ0v) is 12.6. The van der Waals surface area contributed by atoms with Crippen molar-refractivity contribution >= 4 is 18.2 Å². The van der Waals surface area contributed by atoms with E-state index in [-0.39, 0.29) is 0 Å². The summed E-state index contributed by atoms with van der Waals surface area (Å²) < 4.78 is 13.8. The summed E-state index contributed by atoms with van der Waals surface area (Å²) in [5.74, 6) is -3.95. The van der Waals surface area contributed by atoms with Crippen molar-refractivity contribution < 1.29 is 28.9 Å². The lowest BCUT2D eigenvalue weighted by atomic mass is 10.1. The van der Waals surface area contributed by atoms with Crippen LogP contribution in [-0.2, 0) is 23.8 Å². The second-order valence-electron chi connectivity index (χ2n) is 4.90. The van der Waals surface area contributed by atoms with E-state index in [1.54, 1.807) is 20.8 Å². The first-order valence-corrected chi connectivity index (χ1v) is 5.82. The van der Waals surface area contributed by atoms with Crippen molar-refractivity contribution in [2.45, 2.75) is 32.1 Å². The normalized spacial score (nSPS) is 15.8. The van der Waals surface area contributed by atoms with Crippen molar-refractivity contribution in [2.24, 2.45) is 4.99 Å².